The van der Waals surface area contributed by atoms with Gasteiger partial charge in [0.2, 0.25) is 5.79 Å². The normalized spacial score (nSPS) is 41.8. The maximum atomic E-state index is 11.4. The summed E-state index contributed by atoms with van der Waals surface area (Å²) in [5, 5.41) is 8.56. The molecule has 2 bridgehead atoms. The van der Waals surface area contributed by atoms with Gasteiger partial charge in [-0.05, 0) is 38.0 Å². The van der Waals surface area contributed by atoms with E-state index in [0.29, 0.717) is 25.0 Å². The van der Waals surface area contributed by atoms with Crippen molar-refractivity contribution in [2.24, 2.45) is 23.7 Å². The Labute approximate surface area is 194 Å². The molecule has 4 saturated heterocycles. The zero-order valence-corrected chi connectivity index (χ0v) is 19.7. The van der Waals surface area contributed by atoms with Gasteiger partial charge in [0.15, 0.2) is 18.2 Å². The topological polar surface area (TPSA) is 119 Å². The van der Waals surface area contributed by atoms with Crippen LogP contribution in [0.4, 0.5) is 0 Å². The largest absolute Gasteiger partial charge is 0.481 e. The Balaban J connectivity index is 1.25. The number of hydrogen-bond donors (Lipinski definition) is 1. The first-order chi connectivity index (χ1) is 15.7. The van der Waals surface area contributed by atoms with Crippen LogP contribution in [-0.2, 0) is 43.0 Å². The number of esters is 1. The van der Waals surface area contributed by atoms with Crippen LogP contribution in [0.15, 0.2) is 0 Å². The van der Waals surface area contributed by atoms with Crippen molar-refractivity contribution in [3.05, 3.63) is 0 Å². The maximum Gasteiger partial charge on any atom is 0.306 e. The summed E-state index contributed by atoms with van der Waals surface area (Å²) in [6.07, 6.45) is 2.53. The van der Waals surface area contributed by atoms with Gasteiger partial charge in [-0.2, -0.15) is 0 Å². The standard InChI is InChI=1S/C23H36O10/c1-14-4-5-17-15(2)20(29-13-11-27-10-12-28-19(26)7-6-18(24)25)30-21-23(17)16(14)8-9-22(3,31-21)32-33-23/h14-17,20-21H,4-13H2,1-3H3,(H,24,25)/t14-,15-,16+,17+,20+,21-,22-,23-/m1/s1. The van der Waals surface area contributed by atoms with Gasteiger partial charge in [-0.25, -0.2) is 9.78 Å². The van der Waals surface area contributed by atoms with Crippen LogP contribution in [0.1, 0.15) is 59.3 Å². The van der Waals surface area contributed by atoms with Gasteiger partial charge in [0.25, 0.3) is 0 Å². The van der Waals surface area contributed by atoms with Gasteiger partial charge in [0.1, 0.15) is 6.61 Å². The van der Waals surface area contributed by atoms with Crippen molar-refractivity contribution in [3.63, 3.8) is 0 Å². The Morgan fingerprint density at radius 1 is 1.00 bits per heavy atom. The van der Waals surface area contributed by atoms with Crippen LogP contribution >= 0.6 is 0 Å². The lowest BCUT2D eigenvalue weighted by Crippen LogP contribution is -2.70. The van der Waals surface area contributed by atoms with E-state index in [9.17, 15) is 9.59 Å². The molecule has 0 amide bonds. The van der Waals surface area contributed by atoms with Gasteiger partial charge in [0.05, 0.1) is 32.7 Å². The van der Waals surface area contributed by atoms with Gasteiger partial charge in [0, 0.05) is 18.3 Å². The summed E-state index contributed by atoms with van der Waals surface area (Å²) in [5.41, 5.74) is -0.603. The van der Waals surface area contributed by atoms with Crippen LogP contribution in [-0.4, -0.2) is 67.4 Å². The summed E-state index contributed by atoms with van der Waals surface area (Å²) in [7, 11) is 0. The Hall–Kier alpha value is -1.30. The number of fused-ring (bicyclic) bond motifs is 2. The van der Waals surface area contributed by atoms with Crippen molar-refractivity contribution in [2.75, 3.05) is 26.4 Å². The molecule has 5 fully saturated rings. The average Bonchev–Trinajstić information content (AvgIpc) is 3.00. The van der Waals surface area contributed by atoms with E-state index in [1.807, 2.05) is 6.92 Å². The zero-order valence-electron chi connectivity index (χ0n) is 19.7. The Morgan fingerprint density at radius 3 is 2.58 bits per heavy atom. The fraction of sp³-hybridized carbons (Fsp3) is 0.913. The smallest absolute Gasteiger partial charge is 0.306 e. The SMILES string of the molecule is C[C@H]1[C@@H](OCCOCCOC(=O)CCC(=O)O)O[C@@H]2O[C@@]3(C)CC[C@H]4[C@H](C)CC[C@@H]1[C@@]24OO3. The van der Waals surface area contributed by atoms with Crippen molar-refractivity contribution in [1.82, 2.24) is 0 Å². The molecule has 1 saturated carbocycles. The first-order valence-corrected chi connectivity index (χ1v) is 12.0. The Bertz CT molecular complexity index is 715. The van der Waals surface area contributed by atoms with Crippen LogP contribution in [0.2, 0.25) is 0 Å². The molecule has 4 heterocycles. The fourth-order valence-electron chi connectivity index (χ4n) is 5.88. The maximum absolute atomic E-state index is 11.4. The van der Waals surface area contributed by atoms with Crippen LogP contribution in [0.5, 0.6) is 0 Å². The summed E-state index contributed by atoms with van der Waals surface area (Å²) in [5.74, 6) is -1.26. The van der Waals surface area contributed by atoms with Gasteiger partial charge in [-0.1, -0.05) is 13.8 Å². The van der Waals surface area contributed by atoms with Crippen molar-refractivity contribution >= 4 is 11.9 Å². The van der Waals surface area contributed by atoms with E-state index in [2.05, 4.69) is 13.8 Å². The lowest BCUT2D eigenvalue weighted by Gasteiger charge is -2.60. The summed E-state index contributed by atoms with van der Waals surface area (Å²) in [4.78, 5) is 33.8. The predicted molar refractivity (Wildman–Crippen MR) is 111 cm³/mol. The van der Waals surface area contributed by atoms with E-state index >= 15 is 0 Å². The highest BCUT2D eigenvalue weighted by atomic mass is 17.3. The molecule has 188 valence electrons. The van der Waals surface area contributed by atoms with Gasteiger partial charge in [-0.15, -0.1) is 0 Å². The van der Waals surface area contributed by atoms with Gasteiger partial charge >= 0.3 is 11.9 Å². The molecule has 8 atom stereocenters. The number of carboxylic acid groups (broad SMARTS) is 1. The fourth-order valence-corrected chi connectivity index (χ4v) is 5.88. The van der Waals surface area contributed by atoms with Crippen LogP contribution < -0.4 is 0 Å². The molecule has 0 radical (unpaired) electrons. The highest BCUT2D eigenvalue weighted by Gasteiger charge is 2.69. The van der Waals surface area contributed by atoms with Crippen LogP contribution in [0.25, 0.3) is 0 Å². The van der Waals surface area contributed by atoms with Crippen LogP contribution in [0, 0.1) is 23.7 Å². The molecule has 0 aromatic heterocycles. The quantitative estimate of drug-likeness (QED) is 0.289. The number of carbonyl (C=O) groups excluding carboxylic acids is 1. The zero-order chi connectivity index (χ0) is 23.6. The second-order valence-corrected chi connectivity index (χ2v) is 9.87. The molecule has 4 aliphatic heterocycles. The predicted octanol–water partition coefficient (Wildman–Crippen LogP) is 2.64. The third kappa shape index (κ3) is 5.06. The summed E-state index contributed by atoms with van der Waals surface area (Å²) in [6, 6.07) is 0. The molecular weight excluding hydrogens is 436 g/mol. The second-order valence-electron chi connectivity index (χ2n) is 9.87. The van der Waals surface area contributed by atoms with Crippen molar-refractivity contribution < 1.29 is 48.2 Å². The molecule has 10 nitrogen and oxygen atoms in total. The highest BCUT2D eigenvalue weighted by molar-refractivity contribution is 5.76. The molecule has 1 aliphatic carbocycles. The molecule has 0 unspecified atom stereocenters. The summed E-state index contributed by atoms with van der Waals surface area (Å²) in [6.45, 7) is 7.24. The number of carboxylic acids is 1. The molecular formula is C23H36O10. The first kappa shape index (κ1) is 24.8. The summed E-state index contributed by atoms with van der Waals surface area (Å²) < 4.78 is 29.1. The minimum atomic E-state index is -1.03. The number of rotatable bonds is 10. The number of aliphatic carboxylic acids is 1. The number of hydrogen-bond acceptors (Lipinski definition) is 9. The lowest BCUT2D eigenvalue weighted by molar-refractivity contribution is -0.577. The molecule has 1 spiro atoms. The molecule has 0 aromatic carbocycles. The van der Waals surface area contributed by atoms with E-state index in [4.69, 9.17) is 38.6 Å². The molecule has 1 N–H and O–H groups in total. The third-order valence-corrected chi connectivity index (χ3v) is 7.64. The van der Waals surface area contributed by atoms with Gasteiger partial charge in [-0.3, -0.25) is 9.59 Å². The monoisotopic (exact) mass is 472 g/mol. The van der Waals surface area contributed by atoms with E-state index in [0.717, 1.165) is 25.7 Å². The van der Waals surface area contributed by atoms with Gasteiger partial charge < -0.3 is 28.8 Å². The summed E-state index contributed by atoms with van der Waals surface area (Å²) >= 11 is 0. The van der Waals surface area contributed by atoms with Crippen LogP contribution in [0.3, 0.4) is 0 Å². The first-order valence-electron chi connectivity index (χ1n) is 12.0. The minimum absolute atomic E-state index is 0.0742. The molecule has 10 heteroatoms. The van der Waals surface area contributed by atoms with E-state index < -0.39 is 35.9 Å². The van der Waals surface area contributed by atoms with E-state index in [1.54, 1.807) is 0 Å². The molecule has 33 heavy (non-hydrogen) atoms. The second kappa shape index (κ2) is 10.1. The highest BCUT2D eigenvalue weighted by Crippen LogP contribution is 2.60. The third-order valence-electron chi connectivity index (χ3n) is 7.64. The molecule has 5 aliphatic rings. The van der Waals surface area contributed by atoms with Crippen molar-refractivity contribution in [2.45, 2.75) is 83.3 Å². The molecule has 0 aromatic rings. The van der Waals surface area contributed by atoms with E-state index in [-0.39, 0.29) is 37.9 Å². The van der Waals surface area contributed by atoms with Crippen molar-refractivity contribution in [3.8, 4) is 0 Å². The van der Waals surface area contributed by atoms with Crippen molar-refractivity contribution in [1.29, 1.82) is 0 Å². The average molecular weight is 473 g/mol. The minimum Gasteiger partial charge on any atom is -0.481 e. The molecule has 5 rings (SSSR count). The number of carbonyl (C=O) groups is 2. The Kier molecular flexibility index (Phi) is 7.62. The Morgan fingerprint density at radius 2 is 1.79 bits per heavy atom. The lowest BCUT2D eigenvalue weighted by atomic mass is 9.58. The van der Waals surface area contributed by atoms with E-state index in [1.165, 1.54) is 0 Å². The number of ether oxygens (including phenoxy) is 5.